The summed E-state index contributed by atoms with van der Waals surface area (Å²) in [5.74, 6) is 0.712. The highest BCUT2D eigenvalue weighted by atomic mass is 32.2. The van der Waals surface area contributed by atoms with E-state index < -0.39 is 16.1 Å². The van der Waals surface area contributed by atoms with E-state index in [2.05, 4.69) is 5.32 Å². The molecule has 2 aromatic rings. The van der Waals surface area contributed by atoms with Crippen molar-refractivity contribution in [2.24, 2.45) is 0 Å². The number of amides is 1. The molecule has 1 N–H and O–H groups in total. The quantitative estimate of drug-likeness (QED) is 0.800. The van der Waals surface area contributed by atoms with Crippen LogP contribution >= 0.6 is 0 Å². The average molecular weight is 378 g/mol. The van der Waals surface area contributed by atoms with Gasteiger partial charge in [-0.05, 0) is 48.9 Å². The Bertz CT molecular complexity index is 833. The van der Waals surface area contributed by atoms with Gasteiger partial charge >= 0.3 is 6.09 Å². The third kappa shape index (κ3) is 4.96. The number of carbonyl (C=O) groups is 1. The maximum atomic E-state index is 12.7. The third-order valence-electron chi connectivity index (χ3n) is 3.65. The fourth-order valence-corrected chi connectivity index (χ4v) is 3.41. The molecule has 0 aliphatic carbocycles. The highest BCUT2D eigenvalue weighted by Crippen LogP contribution is 2.20. The Morgan fingerprint density at radius 3 is 2.23 bits per heavy atom. The lowest BCUT2D eigenvalue weighted by Crippen LogP contribution is -2.26. The molecule has 0 fully saturated rings. The summed E-state index contributed by atoms with van der Waals surface area (Å²) in [7, 11) is -0.557. The number of rotatable bonds is 7. The van der Waals surface area contributed by atoms with Crippen molar-refractivity contribution in [1.29, 1.82) is 0 Å². The van der Waals surface area contributed by atoms with Crippen molar-refractivity contribution in [2.45, 2.75) is 18.4 Å². The third-order valence-corrected chi connectivity index (χ3v) is 5.47. The van der Waals surface area contributed by atoms with Crippen LogP contribution in [-0.4, -0.2) is 39.6 Å². The van der Waals surface area contributed by atoms with Crippen LogP contribution in [0.25, 0.3) is 0 Å². The molecule has 0 saturated heterocycles. The second-order valence-electron chi connectivity index (χ2n) is 5.48. The van der Waals surface area contributed by atoms with Crippen LogP contribution in [-0.2, 0) is 21.3 Å². The predicted molar refractivity (Wildman–Crippen MR) is 98.7 cm³/mol. The minimum Gasteiger partial charge on any atom is -0.497 e. The van der Waals surface area contributed by atoms with Gasteiger partial charge in [0, 0.05) is 19.3 Å². The second-order valence-corrected chi connectivity index (χ2v) is 7.52. The Morgan fingerprint density at radius 1 is 1.08 bits per heavy atom. The number of anilines is 1. The summed E-state index contributed by atoms with van der Waals surface area (Å²) in [4.78, 5) is 11.5. The summed E-state index contributed by atoms with van der Waals surface area (Å²) in [6, 6.07) is 13.1. The van der Waals surface area contributed by atoms with Gasteiger partial charge in [-0.1, -0.05) is 12.1 Å². The summed E-state index contributed by atoms with van der Waals surface area (Å²) in [5, 5.41) is 2.52. The van der Waals surface area contributed by atoms with Gasteiger partial charge in [0.25, 0.3) is 0 Å². The Kier molecular flexibility index (Phi) is 6.59. The SMILES string of the molecule is CCOC(=O)Nc1ccc(S(=O)(=O)N(C)Cc2ccc(OC)cc2)cc1. The zero-order chi connectivity index (χ0) is 19.2. The van der Waals surface area contributed by atoms with Gasteiger partial charge in [0.05, 0.1) is 18.6 Å². The molecule has 26 heavy (non-hydrogen) atoms. The van der Waals surface area contributed by atoms with Gasteiger partial charge in [-0.25, -0.2) is 13.2 Å². The topological polar surface area (TPSA) is 84.9 Å². The van der Waals surface area contributed by atoms with E-state index in [1.165, 1.54) is 35.6 Å². The Morgan fingerprint density at radius 2 is 1.69 bits per heavy atom. The van der Waals surface area contributed by atoms with Gasteiger partial charge in [0.1, 0.15) is 5.75 Å². The molecule has 0 aliphatic rings. The molecule has 0 bridgehead atoms. The van der Waals surface area contributed by atoms with Gasteiger partial charge in [0.15, 0.2) is 0 Å². The van der Waals surface area contributed by atoms with Crippen molar-refractivity contribution < 1.29 is 22.7 Å². The minimum atomic E-state index is -3.65. The summed E-state index contributed by atoms with van der Waals surface area (Å²) in [5.41, 5.74) is 1.30. The first-order valence-corrected chi connectivity index (χ1v) is 9.44. The van der Waals surface area contributed by atoms with E-state index in [1.54, 1.807) is 26.2 Å². The summed E-state index contributed by atoms with van der Waals surface area (Å²) in [6.07, 6.45) is -0.584. The van der Waals surface area contributed by atoms with Crippen LogP contribution in [0, 0.1) is 0 Å². The monoisotopic (exact) mass is 378 g/mol. The van der Waals surface area contributed by atoms with Crippen LogP contribution in [0.1, 0.15) is 12.5 Å². The normalized spacial score (nSPS) is 11.2. The highest BCUT2D eigenvalue weighted by molar-refractivity contribution is 7.89. The summed E-state index contributed by atoms with van der Waals surface area (Å²) < 4.78 is 36.5. The number of ether oxygens (including phenoxy) is 2. The first kappa shape index (κ1) is 19.7. The summed E-state index contributed by atoms with van der Waals surface area (Å²) in [6.45, 7) is 2.19. The fraction of sp³-hybridized carbons (Fsp3) is 0.278. The van der Waals surface area contributed by atoms with Gasteiger partial charge in [-0.3, -0.25) is 5.32 Å². The second kappa shape index (κ2) is 8.68. The van der Waals surface area contributed by atoms with Crippen molar-refractivity contribution in [1.82, 2.24) is 4.31 Å². The molecule has 7 nitrogen and oxygen atoms in total. The van der Waals surface area contributed by atoms with Crippen LogP contribution in [0.4, 0.5) is 10.5 Å². The molecule has 140 valence electrons. The number of carbonyl (C=O) groups excluding carboxylic acids is 1. The number of nitrogens with zero attached hydrogens (tertiary/aromatic N) is 1. The molecule has 0 aromatic heterocycles. The first-order chi connectivity index (χ1) is 12.4. The largest absolute Gasteiger partial charge is 0.497 e. The zero-order valence-corrected chi connectivity index (χ0v) is 15.7. The van der Waals surface area contributed by atoms with E-state index in [-0.39, 0.29) is 18.0 Å². The molecular weight excluding hydrogens is 356 g/mol. The minimum absolute atomic E-state index is 0.142. The van der Waals surface area contributed by atoms with Gasteiger partial charge < -0.3 is 9.47 Å². The van der Waals surface area contributed by atoms with Crippen LogP contribution < -0.4 is 10.1 Å². The number of nitrogens with one attached hydrogen (secondary N) is 1. The number of hydrogen-bond donors (Lipinski definition) is 1. The maximum Gasteiger partial charge on any atom is 0.411 e. The highest BCUT2D eigenvalue weighted by Gasteiger charge is 2.21. The summed E-state index contributed by atoms with van der Waals surface area (Å²) >= 11 is 0. The molecule has 1 amide bonds. The van der Waals surface area contributed by atoms with Crippen LogP contribution in [0.3, 0.4) is 0 Å². The number of sulfonamides is 1. The molecule has 2 rings (SSSR count). The Labute approximate surface area is 153 Å². The standard InChI is InChI=1S/C18H22N2O5S/c1-4-25-18(21)19-15-7-11-17(12-8-15)26(22,23)20(2)13-14-5-9-16(24-3)10-6-14/h5-12H,4,13H2,1-3H3,(H,19,21). The molecule has 2 aromatic carbocycles. The zero-order valence-electron chi connectivity index (χ0n) is 14.9. The Hall–Kier alpha value is -2.58. The number of hydrogen-bond acceptors (Lipinski definition) is 5. The molecule has 8 heteroatoms. The molecular formula is C18H22N2O5S. The van der Waals surface area contributed by atoms with Gasteiger partial charge in [-0.2, -0.15) is 4.31 Å². The van der Waals surface area contributed by atoms with E-state index in [4.69, 9.17) is 9.47 Å². The van der Waals surface area contributed by atoms with Crippen LogP contribution in [0.5, 0.6) is 5.75 Å². The number of methoxy groups -OCH3 is 1. The van der Waals surface area contributed by atoms with Crippen molar-refractivity contribution in [2.75, 3.05) is 26.1 Å². The van der Waals surface area contributed by atoms with E-state index in [0.717, 1.165) is 5.56 Å². The van der Waals surface area contributed by atoms with Crippen molar-refractivity contribution in [3.05, 3.63) is 54.1 Å². The van der Waals surface area contributed by atoms with Gasteiger partial charge in [-0.15, -0.1) is 0 Å². The van der Waals surface area contributed by atoms with E-state index in [9.17, 15) is 13.2 Å². The average Bonchev–Trinajstić information content (AvgIpc) is 2.63. The molecule has 0 atom stereocenters. The van der Waals surface area contributed by atoms with Crippen LogP contribution in [0.15, 0.2) is 53.4 Å². The molecule has 0 saturated carbocycles. The smallest absolute Gasteiger partial charge is 0.411 e. The van der Waals surface area contributed by atoms with Crippen molar-refractivity contribution >= 4 is 21.8 Å². The fourth-order valence-electron chi connectivity index (χ4n) is 2.25. The molecule has 0 heterocycles. The van der Waals surface area contributed by atoms with E-state index in [0.29, 0.717) is 11.4 Å². The predicted octanol–water partition coefficient (Wildman–Crippen LogP) is 3.08. The first-order valence-electron chi connectivity index (χ1n) is 8.00. The molecule has 0 unspecified atom stereocenters. The van der Waals surface area contributed by atoms with Crippen molar-refractivity contribution in [3.8, 4) is 5.75 Å². The number of benzene rings is 2. The maximum absolute atomic E-state index is 12.7. The van der Waals surface area contributed by atoms with E-state index in [1.807, 2.05) is 12.1 Å². The van der Waals surface area contributed by atoms with E-state index >= 15 is 0 Å². The van der Waals surface area contributed by atoms with Crippen molar-refractivity contribution in [3.63, 3.8) is 0 Å². The lowest BCUT2D eigenvalue weighted by atomic mass is 10.2. The molecule has 0 radical (unpaired) electrons. The molecule has 0 spiro atoms. The Balaban J connectivity index is 2.08. The van der Waals surface area contributed by atoms with Crippen LogP contribution in [0.2, 0.25) is 0 Å². The lowest BCUT2D eigenvalue weighted by molar-refractivity contribution is 0.168. The van der Waals surface area contributed by atoms with Gasteiger partial charge in [0.2, 0.25) is 10.0 Å². The molecule has 0 aliphatic heterocycles. The lowest BCUT2D eigenvalue weighted by Gasteiger charge is -2.18.